The van der Waals surface area contributed by atoms with Gasteiger partial charge in [0.1, 0.15) is 0 Å². The van der Waals surface area contributed by atoms with Crippen LogP contribution in [0.15, 0.2) is 35.3 Å². The molecule has 16 heavy (non-hydrogen) atoms. The van der Waals surface area contributed by atoms with Gasteiger partial charge in [-0.3, -0.25) is 4.79 Å². The predicted molar refractivity (Wildman–Crippen MR) is 70.9 cm³/mol. The normalized spacial score (nSPS) is 11.9. The SMILES string of the molecule is C=CCC(C)NC(=O)c1cccc(Br)c1Cl. The van der Waals surface area contributed by atoms with Gasteiger partial charge in [0.2, 0.25) is 0 Å². The van der Waals surface area contributed by atoms with E-state index in [1.165, 1.54) is 0 Å². The summed E-state index contributed by atoms with van der Waals surface area (Å²) in [7, 11) is 0. The van der Waals surface area contributed by atoms with Gasteiger partial charge >= 0.3 is 0 Å². The number of nitrogens with one attached hydrogen (secondary N) is 1. The second-order valence-corrected chi connectivity index (χ2v) is 4.73. The summed E-state index contributed by atoms with van der Waals surface area (Å²) in [5, 5.41) is 3.29. The van der Waals surface area contributed by atoms with Crippen LogP contribution in [0.3, 0.4) is 0 Å². The van der Waals surface area contributed by atoms with Crippen LogP contribution in [0, 0.1) is 0 Å². The smallest absolute Gasteiger partial charge is 0.253 e. The van der Waals surface area contributed by atoms with Gasteiger partial charge in [0.15, 0.2) is 0 Å². The van der Waals surface area contributed by atoms with Crippen molar-refractivity contribution in [1.29, 1.82) is 0 Å². The van der Waals surface area contributed by atoms with E-state index >= 15 is 0 Å². The van der Waals surface area contributed by atoms with Gasteiger partial charge in [0.05, 0.1) is 10.6 Å². The van der Waals surface area contributed by atoms with Crippen LogP contribution in [-0.4, -0.2) is 11.9 Å². The third-order valence-corrected chi connectivity index (χ3v) is 3.39. The molecule has 0 heterocycles. The van der Waals surface area contributed by atoms with Crippen LogP contribution in [0.1, 0.15) is 23.7 Å². The quantitative estimate of drug-likeness (QED) is 0.842. The Labute approximate surface area is 109 Å². The van der Waals surface area contributed by atoms with E-state index in [1.54, 1.807) is 24.3 Å². The third kappa shape index (κ3) is 3.35. The second kappa shape index (κ2) is 6.06. The van der Waals surface area contributed by atoms with E-state index in [0.717, 1.165) is 10.9 Å². The Morgan fingerprint density at radius 2 is 2.38 bits per heavy atom. The van der Waals surface area contributed by atoms with Crippen molar-refractivity contribution in [3.8, 4) is 0 Å². The molecule has 1 atom stereocenters. The van der Waals surface area contributed by atoms with Crippen molar-refractivity contribution in [3.63, 3.8) is 0 Å². The first-order chi connectivity index (χ1) is 7.56. The third-order valence-electron chi connectivity index (χ3n) is 2.09. The van der Waals surface area contributed by atoms with E-state index in [-0.39, 0.29) is 11.9 Å². The minimum absolute atomic E-state index is 0.0556. The average Bonchev–Trinajstić information content (AvgIpc) is 2.22. The maximum Gasteiger partial charge on any atom is 0.253 e. The number of hydrogen-bond donors (Lipinski definition) is 1. The summed E-state index contributed by atoms with van der Waals surface area (Å²) in [6, 6.07) is 5.33. The fourth-order valence-electron chi connectivity index (χ4n) is 1.29. The molecule has 0 fully saturated rings. The maximum atomic E-state index is 11.9. The van der Waals surface area contributed by atoms with Gasteiger partial charge in [-0.1, -0.05) is 23.7 Å². The molecule has 0 saturated heterocycles. The monoisotopic (exact) mass is 301 g/mol. The molecule has 2 nitrogen and oxygen atoms in total. The lowest BCUT2D eigenvalue weighted by Gasteiger charge is -2.12. The zero-order valence-electron chi connectivity index (χ0n) is 8.97. The summed E-state index contributed by atoms with van der Waals surface area (Å²) in [5.41, 5.74) is 0.479. The minimum Gasteiger partial charge on any atom is -0.349 e. The van der Waals surface area contributed by atoms with Gasteiger partial charge in [-0.2, -0.15) is 0 Å². The van der Waals surface area contributed by atoms with E-state index in [4.69, 9.17) is 11.6 Å². The standard InChI is InChI=1S/C12H13BrClNO/c1-3-5-8(2)15-12(16)9-6-4-7-10(13)11(9)14/h3-4,6-8H,1,5H2,2H3,(H,15,16). The van der Waals surface area contributed by atoms with Crippen molar-refractivity contribution in [1.82, 2.24) is 5.32 Å². The first-order valence-electron chi connectivity index (χ1n) is 4.92. The molecule has 1 rings (SSSR count). The van der Waals surface area contributed by atoms with Gasteiger partial charge in [-0.05, 0) is 41.4 Å². The number of rotatable bonds is 4. The van der Waals surface area contributed by atoms with Crippen molar-refractivity contribution in [2.24, 2.45) is 0 Å². The Morgan fingerprint density at radius 1 is 1.69 bits per heavy atom. The summed E-state index contributed by atoms with van der Waals surface area (Å²) < 4.78 is 0.721. The lowest BCUT2D eigenvalue weighted by molar-refractivity contribution is 0.0940. The molecule has 1 N–H and O–H groups in total. The lowest BCUT2D eigenvalue weighted by Crippen LogP contribution is -2.32. The highest BCUT2D eigenvalue weighted by molar-refractivity contribution is 9.10. The predicted octanol–water partition coefficient (Wildman–Crippen LogP) is 3.80. The second-order valence-electron chi connectivity index (χ2n) is 3.50. The molecule has 86 valence electrons. The van der Waals surface area contributed by atoms with E-state index in [1.807, 2.05) is 6.92 Å². The largest absolute Gasteiger partial charge is 0.349 e. The molecule has 0 aliphatic carbocycles. The molecule has 0 saturated carbocycles. The summed E-state index contributed by atoms with van der Waals surface area (Å²) in [4.78, 5) is 11.9. The minimum atomic E-state index is -0.166. The first kappa shape index (κ1) is 13.3. The number of carbonyl (C=O) groups is 1. The Morgan fingerprint density at radius 3 is 3.00 bits per heavy atom. The average molecular weight is 303 g/mol. The number of benzene rings is 1. The highest BCUT2D eigenvalue weighted by Crippen LogP contribution is 2.25. The highest BCUT2D eigenvalue weighted by atomic mass is 79.9. The van der Waals surface area contributed by atoms with Crippen molar-refractivity contribution in [2.45, 2.75) is 19.4 Å². The number of carbonyl (C=O) groups excluding carboxylic acids is 1. The fourth-order valence-corrected chi connectivity index (χ4v) is 1.87. The molecule has 0 radical (unpaired) electrons. The summed E-state index contributed by atoms with van der Waals surface area (Å²) >= 11 is 9.30. The molecule has 0 aliphatic rings. The van der Waals surface area contributed by atoms with Crippen molar-refractivity contribution in [3.05, 3.63) is 45.9 Å². The Balaban J connectivity index is 2.81. The molecular weight excluding hydrogens is 289 g/mol. The maximum absolute atomic E-state index is 11.9. The van der Waals surface area contributed by atoms with Crippen molar-refractivity contribution in [2.75, 3.05) is 0 Å². The van der Waals surface area contributed by atoms with Crippen LogP contribution >= 0.6 is 27.5 Å². The molecule has 1 aromatic rings. The van der Waals surface area contributed by atoms with E-state index < -0.39 is 0 Å². The Kier molecular flexibility index (Phi) is 5.03. The molecular formula is C12H13BrClNO. The van der Waals surface area contributed by atoms with Gasteiger partial charge < -0.3 is 5.32 Å². The highest BCUT2D eigenvalue weighted by Gasteiger charge is 2.13. The molecule has 0 aliphatic heterocycles. The van der Waals surface area contributed by atoms with Gasteiger partial charge in [0.25, 0.3) is 5.91 Å². The molecule has 1 amide bonds. The zero-order chi connectivity index (χ0) is 12.1. The topological polar surface area (TPSA) is 29.1 Å². The molecule has 0 spiro atoms. The molecule has 0 aromatic heterocycles. The van der Waals surface area contributed by atoms with Crippen LogP contribution < -0.4 is 5.32 Å². The van der Waals surface area contributed by atoms with Gasteiger partial charge in [-0.25, -0.2) is 0 Å². The van der Waals surface area contributed by atoms with Crippen LogP contribution in [0.5, 0.6) is 0 Å². The summed E-state index contributed by atoms with van der Waals surface area (Å²) in [6.45, 7) is 5.55. The lowest BCUT2D eigenvalue weighted by atomic mass is 10.2. The van der Waals surface area contributed by atoms with E-state index in [0.29, 0.717) is 10.6 Å². The van der Waals surface area contributed by atoms with E-state index in [9.17, 15) is 4.79 Å². The van der Waals surface area contributed by atoms with Crippen LogP contribution in [0.4, 0.5) is 0 Å². The van der Waals surface area contributed by atoms with Crippen molar-refractivity contribution >= 4 is 33.4 Å². The van der Waals surface area contributed by atoms with Crippen LogP contribution in [0.2, 0.25) is 5.02 Å². The summed E-state index contributed by atoms with van der Waals surface area (Å²) in [5.74, 6) is -0.166. The molecule has 1 aromatic carbocycles. The molecule has 0 bridgehead atoms. The van der Waals surface area contributed by atoms with Gasteiger partial charge in [0, 0.05) is 10.5 Å². The molecule has 4 heteroatoms. The summed E-state index contributed by atoms with van der Waals surface area (Å²) in [6.07, 6.45) is 2.50. The number of halogens is 2. The fraction of sp³-hybridized carbons (Fsp3) is 0.250. The number of hydrogen-bond acceptors (Lipinski definition) is 1. The first-order valence-corrected chi connectivity index (χ1v) is 6.09. The zero-order valence-corrected chi connectivity index (χ0v) is 11.3. The van der Waals surface area contributed by atoms with Crippen LogP contribution in [0.25, 0.3) is 0 Å². The van der Waals surface area contributed by atoms with Crippen LogP contribution in [-0.2, 0) is 0 Å². The number of amides is 1. The Hall–Kier alpha value is -0.800. The molecule has 1 unspecified atom stereocenters. The Bertz CT molecular complexity index is 406. The van der Waals surface area contributed by atoms with E-state index in [2.05, 4.69) is 27.8 Å². The van der Waals surface area contributed by atoms with Gasteiger partial charge in [-0.15, -0.1) is 6.58 Å². The van der Waals surface area contributed by atoms with Crippen molar-refractivity contribution < 1.29 is 4.79 Å².